The van der Waals surface area contributed by atoms with Gasteiger partial charge in [-0.1, -0.05) is 30.0 Å². The Kier molecular flexibility index (Phi) is 2.33. The third kappa shape index (κ3) is 1.78. The van der Waals surface area contributed by atoms with Gasteiger partial charge in [-0.3, -0.25) is 4.79 Å². The fraction of sp³-hybridized carbons (Fsp3) is 0.154. The van der Waals surface area contributed by atoms with Crippen molar-refractivity contribution in [2.24, 2.45) is 0 Å². The van der Waals surface area contributed by atoms with Gasteiger partial charge in [0, 0.05) is 17.3 Å². The maximum Gasteiger partial charge on any atom is 0.156 e. The quantitative estimate of drug-likeness (QED) is 0.854. The van der Waals surface area contributed by atoms with E-state index in [9.17, 15) is 4.79 Å². The van der Waals surface area contributed by atoms with E-state index < -0.39 is 0 Å². The summed E-state index contributed by atoms with van der Waals surface area (Å²) in [5, 5.41) is 2.33. The van der Waals surface area contributed by atoms with E-state index in [0.29, 0.717) is 6.42 Å². The van der Waals surface area contributed by atoms with Crippen LogP contribution < -0.4 is 0 Å². The van der Waals surface area contributed by atoms with E-state index in [2.05, 4.69) is 23.2 Å². The summed E-state index contributed by atoms with van der Waals surface area (Å²) in [5.74, 6) is 0.249. The lowest BCUT2D eigenvalue weighted by Gasteiger charge is -1.96. The highest BCUT2D eigenvalue weighted by Gasteiger charge is 2.13. The molecule has 1 aromatic carbocycles. The van der Waals surface area contributed by atoms with Gasteiger partial charge < -0.3 is 4.98 Å². The number of allylic oxidation sites excluding steroid dienone is 2. The molecule has 80 valence electrons. The Labute approximate surface area is 97.7 Å². The predicted molar refractivity (Wildman–Crippen MR) is 66.5 cm³/mol. The van der Waals surface area contributed by atoms with Crippen LogP contribution in [0.2, 0.25) is 0 Å². The highest BCUT2D eigenvalue weighted by atomic mass is 32.2. The van der Waals surface area contributed by atoms with Crippen molar-refractivity contribution in [2.75, 3.05) is 0 Å². The number of carbonyl (C=O) groups is 1. The topological polar surface area (TPSA) is 32.9 Å². The number of carbonyl (C=O) groups excluding carboxylic acids is 1. The first-order chi connectivity index (χ1) is 7.81. The van der Waals surface area contributed by atoms with Crippen LogP contribution in [0, 0.1) is 0 Å². The molecule has 0 atom stereocenters. The number of hydrogen-bond donors (Lipinski definition) is 1. The first kappa shape index (κ1) is 9.73. The van der Waals surface area contributed by atoms with Crippen LogP contribution in [0.15, 0.2) is 46.3 Å². The number of fused-ring (bicyclic) bond motifs is 1. The van der Waals surface area contributed by atoms with Crippen molar-refractivity contribution in [1.82, 2.24) is 4.98 Å². The summed E-state index contributed by atoms with van der Waals surface area (Å²) in [5.41, 5.74) is 1.15. The first-order valence-electron chi connectivity index (χ1n) is 5.30. The van der Waals surface area contributed by atoms with Crippen LogP contribution in [0.5, 0.6) is 0 Å². The molecule has 1 N–H and O–H groups in total. The summed E-state index contributed by atoms with van der Waals surface area (Å²) in [6.07, 6.45) is 3.32. The summed E-state index contributed by atoms with van der Waals surface area (Å²) in [6, 6.07) is 10.3. The Morgan fingerprint density at radius 2 is 2.06 bits per heavy atom. The Morgan fingerprint density at radius 3 is 2.81 bits per heavy atom. The Morgan fingerprint density at radius 1 is 1.19 bits per heavy atom. The molecule has 0 fully saturated rings. The van der Waals surface area contributed by atoms with E-state index in [4.69, 9.17) is 0 Å². The second-order valence-corrected chi connectivity index (χ2v) is 5.07. The smallest absolute Gasteiger partial charge is 0.156 e. The minimum Gasteiger partial charge on any atom is -0.349 e. The van der Waals surface area contributed by atoms with E-state index in [1.54, 1.807) is 17.8 Å². The van der Waals surface area contributed by atoms with Crippen LogP contribution in [-0.2, 0) is 4.79 Å². The van der Waals surface area contributed by atoms with Crippen molar-refractivity contribution >= 4 is 28.4 Å². The Bertz CT molecular complexity index is 549. The normalized spacial score (nSPS) is 15.8. The lowest BCUT2D eigenvalue weighted by Crippen LogP contribution is -1.80. The van der Waals surface area contributed by atoms with Crippen molar-refractivity contribution in [3.8, 4) is 0 Å². The molecule has 0 saturated carbocycles. The number of nitrogens with one attached hydrogen (secondary N) is 1. The summed E-state index contributed by atoms with van der Waals surface area (Å²) < 4.78 is 0. The van der Waals surface area contributed by atoms with E-state index in [0.717, 1.165) is 21.9 Å². The van der Waals surface area contributed by atoms with Gasteiger partial charge in [0.05, 0.1) is 5.03 Å². The van der Waals surface area contributed by atoms with E-state index >= 15 is 0 Å². The first-order valence-corrected chi connectivity index (χ1v) is 6.12. The number of benzene rings is 1. The Hall–Kier alpha value is -1.48. The van der Waals surface area contributed by atoms with Crippen LogP contribution in [-0.4, -0.2) is 10.8 Å². The zero-order chi connectivity index (χ0) is 11.0. The summed E-state index contributed by atoms with van der Waals surface area (Å²) in [7, 11) is 0. The van der Waals surface area contributed by atoms with Crippen LogP contribution in [0.25, 0.3) is 10.9 Å². The molecule has 0 saturated heterocycles. The van der Waals surface area contributed by atoms with Crippen molar-refractivity contribution < 1.29 is 4.79 Å². The van der Waals surface area contributed by atoms with Gasteiger partial charge in [0.25, 0.3) is 0 Å². The average Bonchev–Trinajstić information content (AvgIpc) is 2.84. The van der Waals surface area contributed by atoms with Gasteiger partial charge in [-0.2, -0.15) is 0 Å². The number of rotatable bonds is 2. The standard InChI is InChI=1S/C13H11NOS/c15-10-5-6-11(8-10)16-13-7-9-3-1-2-4-12(9)14-13/h1-4,7-8,14H,5-6H2. The molecule has 2 nitrogen and oxygen atoms in total. The van der Waals surface area contributed by atoms with E-state index in [-0.39, 0.29) is 5.78 Å². The molecule has 3 heteroatoms. The molecule has 1 aliphatic carbocycles. The molecular formula is C13H11NOS. The minimum absolute atomic E-state index is 0.249. The minimum atomic E-state index is 0.249. The number of para-hydroxylation sites is 1. The third-order valence-electron chi connectivity index (χ3n) is 2.69. The summed E-state index contributed by atoms with van der Waals surface area (Å²) in [4.78, 5) is 15.6. The molecule has 0 bridgehead atoms. The molecule has 0 amide bonds. The lowest BCUT2D eigenvalue weighted by molar-refractivity contribution is -0.114. The fourth-order valence-electron chi connectivity index (χ4n) is 1.89. The highest BCUT2D eigenvalue weighted by Crippen LogP contribution is 2.34. The molecular weight excluding hydrogens is 218 g/mol. The van der Waals surface area contributed by atoms with Crippen molar-refractivity contribution in [3.63, 3.8) is 0 Å². The average molecular weight is 229 g/mol. The number of aromatic nitrogens is 1. The van der Waals surface area contributed by atoms with Crippen molar-refractivity contribution in [1.29, 1.82) is 0 Å². The zero-order valence-electron chi connectivity index (χ0n) is 8.69. The van der Waals surface area contributed by atoms with Crippen molar-refractivity contribution in [3.05, 3.63) is 41.3 Å². The van der Waals surface area contributed by atoms with Crippen LogP contribution in [0.4, 0.5) is 0 Å². The van der Waals surface area contributed by atoms with E-state index in [1.165, 1.54) is 5.39 Å². The third-order valence-corrected chi connectivity index (χ3v) is 3.71. The number of aromatic amines is 1. The molecule has 3 rings (SSSR count). The zero-order valence-corrected chi connectivity index (χ0v) is 9.51. The number of ketones is 1. The predicted octanol–water partition coefficient (Wildman–Crippen LogP) is 3.51. The largest absolute Gasteiger partial charge is 0.349 e. The second kappa shape index (κ2) is 3.83. The fourth-order valence-corrected chi connectivity index (χ4v) is 2.92. The van der Waals surface area contributed by atoms with Gasteiger partial charge in [-0.25, -0.2) is 0 Å². The Balaban J connectivity index is 1.90. The molecule has 1 aliphatic rings. The van der Waals surface area contributed by atoms with Gasteiger partial charge in [-0.15, -0.1) is 0 Å². The molecule has 1 aromatic heterocycles. The molecule has 2 aromatic rings. The summed E-state index contributed by atoms with van der Waals surface area (Å²) >= 11 is 1.67. The molecule has 1 heterocycles. The molecule has 0 spiro atoms. The molecule has 0 unspecified atom stereocenters. The van der Waals surface area contributed by atoms with Crippen LogP contribution in [0.3, 0.4) is 0 Å². The highest BCUT2D eigenvalue weighted by molar-refractivity contribution is 8.03. The van der Waals surface area contributed by atoms with Gasteiger partial charge in [-0.05, 0) is 29.5 Å². The number of H-pyrrole nitrogens is 1. The number of thioether (sulfide) groups is 1. The summed E-state index contributed by atoms with van der Waals surface area (Å²) in [6.45, 7) is 0. The number of hydrogen-bond acceptors (Lipinski definition) is 2. The van der Waals surface area contributed by atoms with Crippen molar-refractivity contribution in [2.45, 2.75) is 17.9 Å². The second-order valence-electron chi connectivity index (χ2n) is 3.90. The van der Waals surface area contributed by atoms with Gasteiger partial charge >= 0.3 is 0 Å². The SMILES string of the molecule is O=C1C=C(Sc2cc3ccccc3[nH]2)CC1. The lowest BCUT2D eigenvalue weighted by atomic mass is 10.3. The maximum atomic E-state index is 11.1. The van der Waals surface area contributed by atoms with Crippen LogP contribution in [0.1, 0.15) is 12.8 Å². The van der Waals surface area contributed by atoms with Crippen LogP contribution >= 0.6 is 11.8 Å². The molecule has 0 radical (unpaired) electrons. The van der Waals surface area contributed by atoms with Gasteiger partial charge in [0.15, 0.2) is 5.78 Å². The van der Waals surface area contributed by atoms with Gasteiger partial charge in [0.1, 0.15) is 0 Å². The maximum absolute atomic E-state index is 11.1. The monoisotopic (exact) mass is 229 g/mol. The molecule has 16 heavy (non-hydrogen) atoms. The molecule has 0 aliphatic heterocycles. The van der Waals surface area contributed by atoms with Gasteiger partial charge in [0.2, 0.25) is 0 Å². The van der Waals surface area contributed by atoms with E-state index in [1.807, 2.05) is 12.1 Å².